The lowest BCUT2D eigenvalue weighted by Gasteiger charge is -2.25. The molecule has 0 radical (unpaired) electrons. The molecule has 1 aromatic heterocycles. The van der Waals surface area contributed by atoms with Gasteiger partial charge < -0.3 is 0 Å². The molecular weight excluding hydrogens is 244 g/mol. The maximum Gasteiger partial charge on any atom is 0.184 e. The van der Waals surface area contributed by atoms with Crippen LogP contribution in [-0.2, 0) is 0 Å². The van der Waals surface area contributed by atoms with Crippen LogP contribution in [0.3, 0.4) is 0 Å². The number of hydrogen-bond acceptors (Lipinski definition) is 4. The molecule has 0 N–H and O–H groups in total. The second-order valence-corrected chi connectivity index (χ2v) is 6.62. The van der Waals surface area contributed by atoms with Crippen molar-refractivity contribution in [2.24, 2.45) is 5.92 Å². The molecule has 3 nitrogen and oxygen atoms in total. The van der Waals surface area contributed by atoms with Gasteiger partial charge in [-0.05, 0) is 37.8 Å². The molecule has 2 atom stereocenters. The fourth-order valence-corrected chi connectivity index (χ4v) is 4.69. The van der Waals surface area contributed by atoms with E-state index in [-0.39, 0.29) is 11.7 Å². The van der Waals surface area contributed by atoms with E-state index < -0.39 is 0 Å². The summed E-state index contributed by atoms with van der Waals surface area (Å²) in [7, 11) is 0. The molecule has 2 aliphatic heterocycles. The van der Waals surface area contributed by atoms with E-state index in [2.05, 4.69) is 16.7 Å². The number of thioether (sulfide) groups is 1. The van der Waals surface area contributed by atoms with Gasteiger partial charge >= 0.3 is 0 Å². The zero-order valence-corrected chi connectivity index (χ0v) is 10.8. The van der Waals surface area contributed by atoms with E-state index in [1.54, 1.807) is 18.2 Å². The molecule has 1 aromatic rings. The number of carbonyl (C=O) groups is 1. The first-order chi connectivity index (χ1) is 8.76. The van der Waals surface area contributed by atoms with Crippen LogP contribution in [-0.4, -0.2) is 21.3 Å². The van der Waals surface area contributed by atoms with Crippen molar-refractivity contribution in [2.45, 2.75) is 36.2 Å². The van der Waals surface area contributed by atoms with Gasteiger partial charge in [0, 0.05) is 16.4 Å². The molecule has 0 amide bonds. The molecular formula is C14H14N2OS. The van der Waals surface area contributed by atoms with Gasteiger partial charge in [-0.15, -0.1) is 0 Å². The van der Waals surface area contributed by atoms with Gasteiger partial charge in [-0.2, -0.15) is 17.0 Å². The normalized spacial score (nSPS) is 29.8. The predicted octanol–water partition coefficient (Wildman–Crippen LogP) is 2.81. The lowest BCUT2D eigenvalue weighted by molar-refractivity contribution is 0.0901. The van der Waals surface area contributed by atoms with Crippen LogP contribution in [0.4, 0.5) is 0 Å². The summed E-state index contributed by atoms with van der Waals surface area (Å²) in [4.78, 5) is 16.5. The van der Waals surface area contributed by atoms with Gasteiger partial charge in [-0.25, -0.2) is 4.98 Å². The molecule has 92 valence electrons. The summed E-state index contributed by atoms with van der Waals surface area (Å²) in [5, 5.41) is 10.1. The number of rotatable bonds is 2. The Hall–Kier alpha value is -1.34. The Morgan fingerprint density at radius 3 is 2.72 bits per heavy atom. The molecule has 3 rings (SSSR count). The van der Waals surface area contributed by atoms with Crippen molar-refractivity contribution >= 4 is 17.5 Å². The number of hydrogen-bond donors (Lipinski definition) is 0. The third-order valence-corrected chi connectivity index (χ3v) is 5.40. The Balaban J connectivity index is 1.80. The summed E-state index contributed by atoms with van der Waals surface area (Å²) in [5.74, 6) is 0.245. The molecule has 2 aliphatic rings. The summed E-state index contributed by atoms with van der Waals surface area (Å²) in [6.45, 7) is 0. The number of nitriles is 1. The van der Waals surface area contributed by atoms with E-state index in [0.29, 0.717) is 21.9 Å². The molecule has 2 saturated heterocycles. The average molecular weight is 258 g/mol. The molecule has 2 unspecified atom stereocenters. The largest absolute Gasteiger partial charge is 0.292 e. The highest BCUT2D eigenvalue weighted by Crippen LogP contribution is 2.46. The molecule has 18 heavy (non-hydrogen) atoms. The maximum absolute atomic E-state index is 12.4. The number of fused-ring (bicyclic) bond motifs is 2. The lowest BCUT2D eigenvalue weighted by atomic mass is 9.92. The number of ketones is 1. The number of pyridine rings is 1. The Morgan fingerprint density at radius 2 is 2.06 bits per heavy atom. The monoisotopic (exact) mass is 258 g/mol. The Morgan fingerprint density at radius 1 is 1.33 bits per heavy atom. The SMILES string of the molecule is N#Cc1cccc(C(=O)C2CC3CCC(C2)S3)n1. The van der Waals surface area contributed by atoms with Crippen molar-refractivity contribution in [3.8, 4) is 6.07 Å². The number of nitrogens with zero attached hydrogens (tertiary/aromatic N) is 2. The van der Waals surface area contributed by atoms with Crippen LogP contribution in [0.25, 0.3) is 0 Å². The highest BCUT2D eigenvalue weighted by molar-refractivity contribution is 8.00. The number of aromatic nitrogens is 1. The van der Waals surface area contributed by atoms with Crippen molar-refractivity contribution in [3.63, 3.8) is 0 Å². The second kappa shape index (κ2) is 4.74. The topological polar surface area (TPSA) is 53.8 Å². The molecule has 0 saturated carbocycles. The number of Topliss-reactive ketones (excluding diaryl/α,β-unsaturated/α-hetero) is 1. The minimum absolute atomic E-state index is 0.116. The molecule has 3 heterocycles. The smallest absolute Gasteiger partial charge is 0.184 e. The van der Waals surface area contributed by atoms with Gasteiger partial charge in [0.2, 0.25) is 0 Å². The van der Waals surface area contributed by atoms with E-state index in [1.807, 2.05) is 6.07 Å². The zero-order chi connectivity index (χ0) is 12.5. The predicted molar refractivity (Wildman–Crippen MR) is 70.4 cm³/mol. The summed E-state index contributed by atoms with van der Waals surface area (Å²) >= 11 is 2.05. The van der Waals surface area contributed by atoms with E-state index in [4.69, 9.17) is 5.26 Å². The Kier molecular flexibility index (Phi) is 3.09. The van der Waals surface area contributed by atoms with E-state index in [0.717, 1.165) is 12.8 Å². The van der Waals surface area contributed by atoms with Crippen LogP contribution >= 0.6 is 11.8 Å². The third-order valence-electron chi connectivity index (χ3n) is 3.78. The third kappa shape index (κ3) is 2.15. The van der Waals surface area contributed by atoms with Gasteiger partial charge in [0.15, 0.2) is 5.78 Å². The Labute approximate surface area is 111 Å². The van der Waals surface area contributed by atoms with Crippen LogP contribution in [0.5, 0.6) is 0 Å². The molecule has 0 aliphatic carbocycles. The highest BCUT2D eigenvalue weighted by Gasteiger charge is 2.38. The molecule has 2 bridgehead atoms. The highest BCUT2D eigenvalue weighted by atomic mass is 32.2. The van der Waals surface area contributed by atoms with E-state index >= 15 is 0 Å². The van der Waals surface area contributed by atoms with Gasteiger partial charge in [-0.3, -0.25) is 4.79 Å². The zero-order valence-electron chi connectivity index (χ0n) is 10.0. The van der Waals surface area contributed by atoms with Crippen LogP contribution in [0.15, 0.2) is 18.2 Å². The van der Waals surface area contributed by atoms with E-state index in [1.165, 1.54) is 12.8 Å². The van der Waals surface area contributed by atoms with Gasteiger partial charge in [-0.1, -0.05) is 6.07 Å². The van der Waals surface area contributed by atoms with Crippen molar-refractivity contribution in [2.75, 3.05) is 0 Å². The minimum Gasteiger partial charge on any atom is -0.292 e. The first-order valence-corrected chi connectivity index (χ1v) is 7.27. The molecule has 4 heteroatoms. The summed E-state index contributed by atoms with van der Waals surface area (Å²) < 4.78 is 0. The van der Waals surface area contributed by atoms with Crippen molar-refractivity contribution < 1.29 is 4.79 Å². The van der Waals surface area contributed by atoms with Crippen molar-refractivity contribution in [3.05, 3.63) is 29.6 Å². The van der Waals surface area contributed by atoms with Gasteiger partial charge in [0.25, 0.3) is 0 Å². The van der Waals surface area contributed by atoms with Crippen LogP contribution in [0, 0.1) is 17.2 Å². The summed E-state index contributed by atoms with van der Waals surface area (Å²) in [6, 6.07) is 7.09. The minimum atomic E-state index is 0.116. The van der Waals surface area contributed by atoms with Gasteiger partial charge in [0.05, 0.1) is 0 Å². The van der Waals surface area contributed by atoms with Crippen LogP contribution in [0.2, 0.25) is 0 Å². The fraction of sp³-hybridized carbons (Fsp3) is 0.500. The van der Waals surface area contributed by atoms with Crippen molar-refractivity contribution in [1.29, 1.82) is 5.26 Å². The first kappa shape index (κ1) is 11.7. The van der Waals surface area contributed by atoms with Crippen LogP contribution < -0.4 is 0 Å². The quantitative estimate of drug-likeness (QED) is 0.765. The number of carbonyl (C=O) groups excluding carboxylic acids is 1. The molecule has 0 aromatic carbocycles. The summed E-state index contributed by atoms with van der Waals surface area (Å²) in [5.41, 5.74) is 0.791. The fourth-order valence-electron chi connectivity index (χ4n) is 2.92. The van der Waals surface area contributed by atoms with Crippen LogP contribution in [0.1, 0.15) is 41.9 Å². The van der Waals surface area contributed by atoms with Gasteiger partial charge in [0.1, 0.15) is 17.5 Å². The maximum atomic E-state index is 12.4. The van der Waals surface area contributed by atoms with Crippen molar-refractivity contribution in [1.82, 2.24) is 4.98 Å². The van der Waals surface area contributed by atoms with E-state index in [9.17, 15) is 4.79 Å². The Bertz CT molecular complexity index is 511. The summed E-state index contributed by atoms with van der Waals surface area (Å²) in [6.07, 6.45) is 4.48. The first-order valence-electron chi connectivity index (χ1n) is 6.33. The lowest BCUT2D eigenvalue weighted by Crippen LogP contribution is -2.25. The molecule has 2 fully saturated rings. The standard InChI is InChI=1S/C14H14N2OS/c15-8-10-2-1-3-13(16-10)14(17)9-6-11-4-5-12(7-9)18-11/h1-3,9,11-12H,4-7H2. The second-order valence-electron chi connectivity index (χ2n) is 5.01. The average Bonchev–Trinajstić information content (AvgIpc) is 2.76. The molecule has 0 spiro atoms.